The molecule has 0 radical (unpaired) electrons. The summed E-state index contributed by atoms with van der Waals surface area (Å²) in [5, 5.41) is 13.4. The monoisotopic (exact) mass is 255 g/mol. The standard InChI is InChI=1S/C11H14FN3O3/c1-3-13-10(16)7-14(2)9-6-4-5-8(12)11(9)15(17)18/h4-6H,3,7H2,1-2H3,(H,13,16). The number of hydrogen-bond acceptors (Lipinski definition) is 4. The van der Waals surface area contributed by atoms with Gasteiger partial charge in [0.05, 0.1) is 11.5 Å². The molecule has 0 heterocycles. The van der Waals surface area contributed by atoms with Gasteiger partial charge in [0.2, 0.25) is 11.7 Å². The van der Waals surface area contributed by atoms with E-state index in [4.69, 9.17) is 0 Å². The van der Waals surface area contributed by atoms with Crippen LogP contribution in [0, 0.1) is 15.9 Å². The molecule has 0 bridgehead atoms. The van der Waals surface area contributed by atoms with Crippen LogP contribution in [0.1, 0.15) is 6.92 Å². The van der Waals surface area contributed by atoms with Gasteiger partial charge in [0, 0.05) is 13.6 Å². The Hall–Kier alpha value is -2.18. The molecule has 0 unspecified atom stereocenters. The van der Waals surface area contributed by atoms with Crippen LogP contribution in [0.5, 0.6) is 0 Å². The molecule has 0 saturated carbocycles. The van der Waals surface area contributed by atoms with Crippen LogP contribution in [-0.2, 0) is 4.79 Å². The van der Waals surface area contributed by atoms with E-state index in [1.54, 1.807) is 6.92 Å². The molecule has 0 aliphatic rings. The smallest absolute Gasteiger partial charge is 0.327 e. The quantitative estimate of drug-likeness (QED) is 0.635. The van der Waals surface area contributed by atoms with Gasteiger partial charge in [-0.2, -0.15) is 4.39 Å². The normalized spacial score (nSPS) is 9.94. The summed E-state index contributed by atoms with van der Waals surface area (Å²) in [5.41, 5.74) is -0.546. The minimum Gasteiger partial charge on any atom is -0.360 e. The second kappa shape index (κ2) is 5.95. The van der Waals surface area contributed by atoms with Crippen molar-refractivity contribution in [1.29, 1.82) is 0 Å². The highest BCUT2D eigenvalue weighted by molar-refractivity contribution is 5.82. The summed E-state index contributed by atoms with van der Waals surface area (Å²) in [5.74, 6) is -1.20. The number of halogens is 1. The Kier molecular flexibility index (Phi) is 4.59. The number of nitrogens with one attached hydrogen (secondary N) is 1. The summed E-state index contributed by atoms with van der Waals surface area (Å²) < 4.78 is 13.4. The molecule has 18 heavy (non-hydrogen) atoms. The van der Waals surface area contributed by atoms with Crippen LogP contribution in [0.3, 0.4) is 0 Å². The van der Waals surface area contributed by atoms with E-state index in [2.05, 4.69) is 5.32 Å². The fourth-order valence-corrected chi connectivity index (χ4v) is 1.55. The number of carbonyl (C=O) groups is 1. The van der Waals surface area contributed by atoms with E-state index < -0.39 is 16.4 Å². The molecular formula is C11H14FN3O3. The van der Waals surface area contributed by atoms with Crippen LogP contribution in [-0.4, -0.2) is 31.0 Å². The lowest BCUT2D eigenvalue weighted by Crippen LogP contribution is -2.35. The fraction of sp³-hybridized carbons (Fsp3) is 0.364. The third-order valence-electron chi connectivity index (χ3n) is 2.31. The Balaban J connectivity index is 2.98. The number of benzene rings is 1. The summed E-state index contributed by atoms with van der Waals surface area (Å²) in [4.78, 5) is 22.7. The average molecular weight is 255 g/mol. The summed E-state index contributed by atoms with van der Waals surface area (Å²) >= 11 is 0. The minimum absolute atomic E-state index is 0.0713. The van der Waals surface area contributed by atoms with Crippen LogP contribution in [0.15, 0.2) is 18.2 Å². The zero-order valence-corrected chi connectivity index (χ0v) is 10.1. The highest BCUT2D eigenvalue weighted by atomic mass is 19.1. The number of nitro benzene ring substituents is 1. The topological polar surface area (TPSA) is 75.5 Å². The molecule has 0 atom stereocenters. The molecule has 1 aromatic rings. The van der Waals surface area contributed by atoms with Gasteiger partial charge in [-0.15, -0.1) is 0 Å². The van der Waals surface area contributed by atoms with Crippen molar-refractivity contribution in [3.05, 3.63) is 34.1 Å². The predicted octanol–water partition coefficient (Wildman–Crippen LogP) is 1.31. The van der Waals surface area contributed by atoms with Gasteiger partial charge in [-0.25, -0.2) is 0 Å². The van der Waals surface area contributed by atoms with E-state index in [0.717, 1.165) is 6.07 Å². The van der Waals surface area contributed by atoms with Gasteiger partial charge in [-0.3, -0.25) is 14.9 Å². The summed E-state index contributed by atoms with van der Waals surface area (Å²) in [6.07, 6.45) is 0. The number of hydrogen-bond donors (Lipinski definition) is 1. The average Bonchev–Trinajstić information content (AvgIpc) is 2.28. The van der Waals surface area contributed by atoms with E-state index in [0.29, 0.717) is 6.54 Å². The maximum atomic E-state index is 13.4. The van der Waals surface area contributed by atoms with E-state index >= 15 is 0 Å². The molecule has 1 amide bonds. The van der Waals surface area contributed by atoms with Gasteiger partial charge >= 0.3 is 5.69 Å². The highest BCUT2D eigenvalue weighted by Crippen LogP contribution is 2.29. The third-order valence-corrected chi connectivity index (χ3v) is 2.31. The Morgan fingerprint density at radius 1 is 1.56 bits per heavy atom. The molecule has 0 aromatic heterocycles. The Labute approximate surface area is 104 Å². The van der Waals surface area contributed by atoms with Crippen molar-refractivity contribution in [2.75, 3.05) is 25.0 Å². The lowest BCUT2D eigenvalue weighted by Gasteiger charge is -2.18. The molecule has 1 rings (SSSR count). The zero-order chi connectivity index (χ0) is 13.7. The van der Waals surface area contributed by atoms with E-state index in [1.165, 1.54) is 24.1 Å². The van der Waals surface area contributed by atoms with Gasteiger partial charge in [-0.1, -0.05) is 6.07 Å². The number of amides is 1. The Bertz CT molecular complexity index is 465. The SMILES string of the molecule is CCNC(=O)CN(C)c1cccc(F)c1[N+](=O)[O-]. The van der Waals surface area contributed by atoms with Crippen molar-refractivity contribution >= 4 is 17.3 Å². The van der Waals surface area contributed by atoms with E-state index in [9.17, 15) is 19.3 Å². The van der Waals surface area contributed by atoms with Crippen molar-refractivity contribution in [3.63, 3.8) is 0 Å². The van der Waals surface area contributed by atoms with Crippen LogP contribution < -0.4 is 10.2 Å². The van der Waals surface area contributed by atoms with E-state index in [1.807, 2.05) is 0 Å². The third kappa shape index (κ3) is 3.16. The summed E-state index contributed by atoms with van der Waals surface area (Å²) in [6.45, 7) is 2.17. The lowest BCUT2D eigenvalue weighted by molar-refractivity contribution is -0.386. The molecule has 0 fully saturated rings. The number of anilines is 1. The molecule has 6 nitrogen and oxygen atoms in total. The van der Waals surface area contributed by atoms with Crippen LogP contribution in [0.25, 0.3) is 0 Å². The minimum atomic E-state index is -0.916. The van der Waals surface area contributed by atoms with Gasteiger partial charge in [0.1, 0.15) is 5.69 Å². The second-order valence-corrected chi connectivity index (χ2v) is 3.67. The summed E-state index contributed by atoms with van der Waals surface area (Å²) in [6, 6.07) is 3.79. The second-order valence-electron chi connectivity index (χ2n) is 3.67. The fourth-order valence-electron chi connectivity index (χ4n) is 1.55. The Morgan fingerprint density at radius 3 is 2.78 bits per heavy atom. The molecule has 98 valence electrons. The number of nitrogens with zero attached hydrogens (tertiary/aromatic N) is 2. The first-order valence-electron chi connectivity index (χ1n) is 5.38. The van der Waals surface area contributed by atoms with Crippen molar-refractivity contribution in [2.24, 2.45) is 0 Å². The van der Waals surface area contributed by atoms with Gasteiger partial charge in [0.25, 0.3) is 0 Å². The van der Waals surface area contributed by atoms with Crippen molar-refractivity contribution in [3.8, 4) is 0 Å². The van der Waals surface area contributed by atoms with Crippen molar-refractivity contribution < 1.29 is 14.1 Å². The van der Waals surface area contributed by atoms with Crippen LogP contribution in [0.2, 0.25) is 0 Å². The van der Waals surface area contributed by atoms with Gasteiger partial charge in [0.15, 0.2) is 0 Å². The number of nitro groups is 1. The largest absolute Gasteiger partial charge is 0.360 e. The zero-order valence-electron chi connectivity index (χ0n) is 10.1. The van der Waals surface area contributed by atoms with Crippen molar-refractivity contribution in [2.45, 2.75) is 6.92 Å². The Morgan fingerprint density at radius 2 is 2.22 bits per heavy atom. The lowest BCUT2D eigenvalue weighted by atomic mass is 10.2. The maximum Gasteiger partial charge on any atom is 0.327 e. The van der Waals surface area contributed by atoms with Crippen LogP contribution >= 0.6 is 0 Å². The first kappa shape index (κ1) is 13.9. The first-order valence-corrected chi connectivity index (χ1v) is 5.38. The number of likely N-dealkylation sites (N-methyl/N-ethyl adjacent to an activating group) is 2. The molecular weight excluding hydrogens is 241 g/mol. The molecule has 0 aliphatic carbocycles. The van der Waals surface area contributed by atoms with E-state index in [-0.39, 0.29) is 18.1 Å². The molecule has 1 N–H and O–H groups in total. The molecule has 7 heteroatoms. The molecule has 0 aliphatic heterocycles. The maximum absolute atomic E-state index is 13.4. The predicted molar refractivity (Wildman–Crippen MR) is 65.0 cm³/mol. The molecule has 0 saturated heterocycles. The van der Waals surface area contributed by atoms with Gasteiger partial charge < -0.3 is 10.2 Å². The van der Waals surface area contributed by atoms with Crippen molar-refractivity contribution in [1.82, 2.24) is 5.32 Å². The molecule has 1 aromatic carbocycles. The van der Waals surface area contributed by atoms with Crippen LogP contribution in [0.4, 0.5) is 15.8 Å². The van der Waals surface area contributed by atoms with Gasteiger partial charge in [-0.05, 0) is 19.1 Å². The highest BCUT2D eigenvalue weighted by Gasteiger charge is 2.23. The number of carbonyl (C=O) groups excluding carboxylic acids is 1. The molecule has 0 spiro atoms. The number of rotatable bonds is 5. The first-order chi connectivity index (χ1) is 8.47. The summed E-state index contributed by atoms with van der Waals surface area (Å²) in [7, 11) is 1.50. The number of para-hydroxylation sites is 1.